The Bertz CT molecular complexity index is 1660. The predicted octanol–water partition coefficient (Wildman–Crippen LogP) is 6.73. The van der Waals surface area contributed by atoms with Crippen LogP contribution in [0, 0.1) is 19.7 Å². The van der Waals surface area contributed by atoms with Crippen molar-refractivity contribution in [3.8, 4) is 22.6 Å². The van der Waals surface area contributed by atoms with Gasteiger partial charge in [-0.15, -0.1) is 11.3 Å². The zero-order valence-corrected chi connectivity index (χ0v) is 23.7. The number of rotatable bonds is 6. The predicted molar refractivity (Wildman–Crippen MR) is 156 cm³/mol. The highest BCUT2D eigenvalue weighted by Crippen LogP contribution is 2.45. The summed E-state index contributed by atoms with van der Waals surface area (Å²) >= 11 is 1.33. The summed E-state index contributed by atoms with van der Waals surface area (Å²) in [6.07, 6.45) is 6.61. The number of thiophene rings is 1. The smallest absolute Gasteiger partial charge is 0.261 e. The van der Waals surface area contributed by atoms with Gasteiger partial charge in [-0.05, 0) is 111 Å². The van der Waals surface area contributed by atoms with Gasteiger partial charge in [-0.3, -0.25) is 9.59 Å². The third-order valence-electron chi connectivity index (χ3n) is 8.04. The number of amides is 1. The minimum atomic E-state index is -0.292. The molecule has 6 rings (SSSR count). The maximum atomic E-state index is 13.9. The lowest BCUT2D eigenvalue weighted by molar-refractivity contribution is 0.0871. The fourth-order valence-electron chi connectivity index (χ4n) is 5.71. The molecule has 0 unspecified atom stereocenters. The Hall–Kier alpha value is -3.49. The van der Waals surface area contributed by atoms with Gasteiger partial charge in [0.1, 0.15) is 17.3 Å². The van der Waals surface area contributed by atoms with Crippen molar-refractivity contribution in [1.29, 1.82) is 0 Å². The van der Waals surface area contributed by atoms with E-state index in [2.05, 4.69) is 17.4 Å². The van der Waals surface area contributed by atoms with Crippen molar-refractivity contribution < 1.29 is 19.0 Å². The van der Waals surface area contributed by atoms with Crippen molar-refractivity contribution in [2.45, 2.75) is 70.4 Å². The molecule has 40 heavy (non-hydrogen) atoms. The Balaban J connectivity index is 1.40. The van der Waals surface area contributed by atoms with E-state index >= 15 is 0 Å². The Labute approximate surface area is 236 Å². The average Bonchev–Trinajstić information content (AvgIpc) is 3.67. The first-order valence-electron chi connectivity index (χ1n) is 13.9. The second kappa shape index (κ2) is 10.5. The first-order valence-corrected chi connectivity index (χ1v) is 14.7. The molecule has 2 aliphatic rings. The highest BCUT2D eigenvalue weighted by Gasteiger charge is 2.27. The van der Waals surface area contributed by atoms with Crippen molar-refractivity contribution in [1.82, 2.24) is 9.88 Å². The van der Waals surface area contributed by atoms with E-state index in [1.807, 2.05) is 26.1 Å². The van der Waals surface area contributed by atoms with Gasteiger partial charge in [-0.2, -0.15) is 0 Å². The van der Waals surface area contributed by atoms with E-state index in [-0.39, 0.29) is 29.4 Å². The number of carbonyl (C=O) groups excluding carboxylic acids is 1. The summed E-state index contributed by atoms with van der Waals surface area (Å²) in [6, 6.07) is 10.8. The number of aryl methyl sites for hydroxylation is 3. The minimum absolute atomic E-state index is 0.0247. The van der Waals surface area contributed by atoms with Gasteiger partial charge in [0.2, 0.25) is 0 Å². The summed E-state index contributed by atoms with van der Waals surface area (Å²) in [5.41, 5.74) is 4.24. The molecule has 0 radical (unpaired) electrons. The van der Waals surface area contributed by atoms with Gasteiger partial charge in [0.15, 0.2) is 0 Å². The van der Waals surface area contributed by atoms with Crippen molar-refractivity contribution in [2.24, 2.45) is 7.05 Å². The molecule has 2 aliphatic carbocycles. The highest BCUT2D eigenvalue weighted by atomic mass is 32.1. The minimum Gasteiger partial charge on any atom is -0.457 e. The molecule has 0 bridgehead atoms. The normalized spacial score (nSPS) is 19.1. The van der Waals surface area contributed by atoms with Crippen LogP contribution in [0.2, 0.25) is 0 Å². The maximum Gasteiger partial charge on any atom is 0.261 e. The van der Waals surface area contributed by atoms with Gasteiger partial charge in [0.05, 0.1) is 16.4 Å². The van der Waals surface area contributed by atoms with Crippen LogP contribution in [0.5, 0.6) is 11.5 Å². The van der Waals surface area contributed by atoms with Crippen LogP contribution in [0.15, 0.2) is 47.4 Å². The molecule has 2 saturated carbocycles. The van der Waals surface area contributed by atoms with Crippen LogP contribution in [0.3, 0.4) is 0 Å². The van der Waals surface area contributed by atoms with Gasteiger partial charge in [0, 0.05) is 29.5 Å². The van der Waals surface area contributed by atoms with Crippen LogP contribution >= 0.6 is 11.3 Å². The molecule has 2 aromatic heterocycles. The Kier molecular flexibility index (Phi) is 7.00. The van der Waals surface area contributed by atoms with Gasteiger partial charge in [0.25, 0.3) is 11.5 Å². The van der Waals surface area contributed by atoms with Gasteiger partial charge in [-0.25, -0.2) is 4.39 Å². The number of hydrogen-bond donors (Lipinski definition) is 2. The lowest BCUT2D eigenvalue weighted by Gasteiger charge is -2.25. The molecule has 0 atom stereocenters. The number of pyridine rings is 1. The molecule has 2 heterocycles. The average molecular weight is 561 g/mol. The third kappa shape index (κ3) is 5.30. The summed E-state index contributed by atoms with van der Waals surface area (Å²) in [5.74, 6) is 1.28. The second-order valence-electron chi connectivity index (χ2n) is 11.3. The molecule has 2 aromatic carbocycles. The van der Waals surface area contributed by atoms with Crippen LogP contribution in [-0.4, -0.2) is 27.7 Å². The Morgan fingerprint density at radius 2 is 1.73 bits per heavy atom. The number of aromatic nitrogens is 1. The molecule has 0 aliphatic heterocycles. The topological polar surface area (TPSA) is 80.6 Å². The van der Waals surface area contributed by atoms with Crippen molar-refractivity contribution in [3.05, 3.63) is 80.3 Å². The lowest BCUT2D eigenvalue weighted by Crippen LogP contribution is -2.38. The Morgan fingerprint density at radius 1 is 1.02 bits per heavy atom. The number of fused-ring (bicyclic) bond motifs is 1. The quantitative estimate of drug-likeness (QED) is 0.274. The summed E-state index contributed by atoms with van der Waals surface area (Å²) in [7, 11) is 1.73. The summed E-state index contributed by atoms with van der Waals surface area (Å²) in [6.45, 7) is 3.67. The number of halogens is 1. The standard InChI is InChI=1S/C32H33FN2O4S/c1-17-10-22(33)11-18(2)29(17)39-25-13-20(19-4-5-19)12-21(14-25)27-16-35(3)32(38)26-15-28(40-30(26)27)31(37)34-23-6-8-24(36)9-7-23/h10-16,19,23-24,36H,4-9H2,1-3H3,(H,34,37). The molecule has 8 heteroatoms. The molecule has 2 N–H and O–H groups in total. The van der Waals surface area contributed by atoms with E-state index in [4.69, 9.17) is 4.74 Å². The summed E-state index contributed by atoms with van der Waals surface area (Å²) in [4.78, 5) is 26.8. The van der Waals surface area contributed by atoms with E-state index in [1.54, 1.807) is 17.7 Å². The van der Waals surface area contributed by atoms with Gasteiger partial charge < -0.3 is 19.7 Å². The van der Waals surface area contributed by atoms with E-state index in [0.29, 0.717) is 40.5 Å². The third-order valence-corrected chi connectivity index (χ3v) is 9.21. The van der Waals surface area contributed by atoms with Gasteiger partial charge in [-0.1, -0.05) is 6.07 Å². The zero-order chi connectivity index (χ0) is 28.1. The SMILES string of the molecule is Cc1cc(F)cc(C)c1Oc1cc(-c2cn(C)c(=O)c3cc(C(=O)NC4CCC(O)CC4)sc23)cc(C2CC2)c1. The van der Waals surface area contributed by atoms with E-state index in [0.717, 1.165) is 52.6 Å². The summed E-state index contributed by atoms with van der Waals surface area (Å²) in [5, 5.41) is 13.4. The molecule has 4 aromatic rings. The number of hydrogen-bond acceptors (Lipinski definition) is 5. The van der Waals surface area contributed by atoms with Crippen LogP contribution in [0.25, 0.3) is 21.2 Å². The Morgan fingerprint density at radius 3 is 2.40 bits per heavy atom. The number of carbonyl (C=O) groups is 1. The van der Waals surface area contributed by atoms with Crippen LogP contribution in [0.1, 0.15) is 70.8 Å². The van der Waals surface area contributed by atoms with Crippen LogP contribution in [0.4, 0.5) is 4.39 Å². The number of nitrogens with zero attached hydrogens (tertiary/aromatic N) is 1. The van der Waals surface area contributed by atoms with E-state index in [9.17, 15) is 19.1 Å². The highest BCUT2D eigenvalue weighted by molar-refractivity contribution is 7.21. The van der Waals surface area contributed by atoms with Gasteiger partial charge >= 0.3 is 0 Å². The van der Waals surface area contributed by atoms with Crippen molar-refractivity contribution >= 4 is 27.3 Å². The van der Waals surface area contributed by atoms with Crippen molar-refractivity contribution in [3.63, 3.8) is 0 Å². The maximum absolute atomic E-state index is 13.9. The molecule has 0 spiro atoms. The van der Waals surface area contributed by atoms with E-state index in [1.165, 1.54) is 29.0 Å². The second-order valence-corrected chi connectivity index (χ2v) is 12.4. The lowest BCUT2D eigenvalue weighted by atomic mass is 9.93. The molecule has 6 nitrogen and oxygen atoms in total. The van der Waals surface area contributed by atoms with E-state index < -0.39 is 0 Å². The number of aliphatic hydroxyl groups is 1. The zero-order valence-electron chi connectivity index (χ0n) is 22.9. The van der Waals surface area contributed by atoms with Crippen LogP contribution in [-0.2, 0) is 7.05 Å². The van der Waals surface area contributed by atoms with Crippen LogP contribution < -0.4 is 15.6 Å². The number of ether oxygens (including phenoxy) is 1. The first kappa shape index (κ1) is 26.7. The molecule has 0 saturated heterocycles. The number of aliphatic hydroxyl groups excluding tert-OH is 1. The fraction of sp³-hybridized carbons (Fsp3) is 0.375. The molecule has 208 valence electrons. The number of benzene rings is 2. The van der Waals surface area contributed by atoms with Crippen molar-refractivity contribution in [2.75, 3.05) is 0 Å². The number of nitrogens with one attached hydrogen (secondary N) is 1. The fourth-order valence-corrected chi connectivity index (χ4v) is 6.80. The largest absolute Gasteiger partial charge is 0.457 e. The molecule has 2 fully saturated rings. The molecular formula is C32H33FN2O4S. The summed E-state index contributed by atoms with van der Waals surface area (Å²) < 4.78 is 22.6. The first-order chi connectivity index (χ1) is 19.2. The monoisotopic (exact) mass is 560 g/mol. The molecular weight excluding hydrogens is 527 g/mol. The molecule has 1 amide bonds.